The molecule has 1 aromatic heterocycles. The van der Waals surface area contributed by atoms with E-state index >= 15 is 0 Å². The minimum Gasteiger partial charge on any atom is -0.397 e. The quantitative estimate of drug-likeness (QED) is 0.891. The molecule has 1 heterocycles. The van der Waals surface area contributed by atoms with Crippen molar-refractivity contribution in [1.29, 1.82) is 5.26 Å². The van der Waals surface area contributed by atoms with Crippen LogP contribution in [0, 0.1) is 11.3 Å². The van der Waals surface area contributed by atoms with Crippen molar-refractivity contribution < 1.29 is 0 Å². The third kappa shape index (κ3) is 2.74. The van der Waals surface area contributed by atoms with Gasteiger partial charge in [-0.05, 0) is 40.2 Å². The van der Waals surface area contributed by atoms with Gasteiger partial charge in [-0.25, -0.2) is 4.98 Å². The molecule has 0 saturated heterocycles. The molecule has 0 radical (unpaired) electrons. The lowest BCUT2D eigenvalue weighted by atomic mass is 10.2. The molecule has 0 amide bonds. The number of aromatic nitrogens is 1. The first kappa shape index (κ1) is 11.4. The molecule has 0 aliphatic heterocycles. The lowest BCUT2D eigenvalue weighted by molar-refractivity contribution is 1.29. The summed E-state index contributed by atoms with van der Waals surface area (Å²) in [6.45, 7) is 0. The van der Waals surface area contributed by atoms with Crippen LogP contribution in [0.2, 0.25) is 0 Å². The maximum atomic E-state index is 8.80. The normalized spacial score (nSPS) is 9.65. The number of nitriles is 1. The van der Waals surface area contributed by atoms with Crippen molar-refractivity contribution in [3.63, 3.8) is 0 Å². The zero-order valence-corrected chi connectivity index (χ0v) is 10.4. The Bertz CT molecular complexity index is 589. The molecule has 1 aromatic carbocycles. The van der Waals surface area contributed by atoms with Crippen LogP contribution >= 0.6 is 15.9 Å². The average molecular weight is 289 g/mol. The summed E-state index contributed by atoms with van der Waals surface area (Å²) in [7, 11) is 0. The lowest BCUT2D eigenvalue weighted by Crippen LogP contribution is -1.96. The molecule has 0 fully saturated rings. The van der Waals surface area contributed by atoms with E-state index in [0.717, 1.165) is 10.2 Å². The molecule has 5 heteroatoms. The van der Waals surface area contributed by atoms with Gasteiger partial charge in [-0.3, -0.25) is 0 Å². The first-order valence-corrected chi connectivity index (χ1v) is 5.66. The van der Waals surface area contributed by atoms with Gasteiger partial charge in [-0.1, -0.05) is 6.07 Å². The van der Waals surface area contributed by atoms with Crippen molar-refractivity contribution >= 4 is 33.1 Å². The van der Waals surface area contributed by atoms with Crippen molar-refractivity contribution in [2.24, 2.45) is 0 Å². The topological polar surface area (TPSA) is 74.7 Å². The standard InChI is InChI=1S/C12H9BrN4/c13-11-5-9(15)7-16-12(11)17-10-3-1-2-8(4-10)6-14/h1-5,7H,15H2,(H,16,17). The molecule has 2 rings (SSSR count). The van der Waals surface area contributed by atoms with E-state index in [1.165, 1.54) is 0 Å². The second-order valence-corrected chi connectivity index (χ2v) is 4.27. The Kier molecular flexibility index (Phi) is 3.26. The highest BCUT2D eigenvalue weighted by molar-refractivity contribution is 9.10. The second-order valence-electron chi connectivity index (χ2n) is 3.42. The van der Waals surface area contributed by atoms with Crippen LogP contribution in [-0.4, -0.2) is 4.98 Å². The van der Waals surface area contributed by atoms with Gasteiger partial charge in [-0.2, -0.15) is 5.26 Å². The highest BCUT2D eigenvalue weighted by Gasteiger charge is 2.02. The fourth-order valence-corrected chi connectivity index (χ4v) is 1.81. The van der Waals surface area contributed by atoms with Gasteiger partial charge in [0.1, 0.15) is 5.82 Å². The lowest BCUT2D eigenvalue weighted by Gasteiger charge is -2.08. The number of rotatable bonds is 2. The molecule has 0 aliphatic carbocycles. The molecule has 2 aromatic rings. The molecule has 17 heavy (non-hydrogen) atoms. The maximum Gasteiger partial charge on any atom is 0.144 e. The average Bonchev–Trinajstić information content (AvgIpc) is 2.33. The van der Waals surface area contributed by atoms with Crippen LogP contribution in [0.3, 0.4) is 0 Å². The molecular formula is C12H9BrN4. The van der Waals surface area contributed by atoms with Gasteiger partial charge in [0.25, 0.3) is 0 Å². The Morgan fingerprint density at radius 3 is 2.88 bits per heavy atom. The molecule has 84 valence electrons. The Morgan fingerprint density at radius 2 is 2.18 bits per heavy atom. The number of hydrogen-bond donors (Lipinski definition) is 2. The van der Waals surface area contributed by atoms with Gasteiger partial charge < -0.3 is 11.1 Å². The minimum atomic E-state index is 0.591. The Labute approximate surface area is 107 Å². The highest BCUT2D eigenvalue weighted by Crippen LogP contribution is 2.25. The second kappa shape index (κ2) is 4.85. The van der Waals surface area contributed by atoms with E-state index in [2.05, 4.69) is 32.3 Å². The smallest absolute Gasteiger partial charge is 0.144 e. The predicted molar refractivity (Wildman–Crippen MR) is 70.8 cm³/mol. The molecule has 3 N–H and O–H groups in total. The molecule has 0 saturated carbocycles. The van der Waals surface area contributed by atoms with E-state index in [-0.39, 0.29) is 0 Å². The van der Waals surface area contributed by atoms with Gasteiger partial charge in [0.2, 0.25) is 0 Å². The van der Waals surface area contributed by atoms with Crippen LogP contribution < -0.4 is 11.1 Å². The van der Waals surface area contributed by atoms with Crippen LogP contribution in [0.1, 0.15) is 5.56 Å². The predicted octanol–water partition coefficient (Wildman–Crippen LogP) is 3.04. The summed E-state index contributed by atoms with van der Waals surface area (Å²) in [6, 6.07) is 11.0. The summed E-state index contributed by atoms with van der Waals surface area (Å²) < 4.78 is 0.778. The number of nitrogens with one attached hydrogen (secondary N) is 1. The zero-order valence-electron chi connectivity index (χ0n) is 8.81. The molecule has 0 aliphatic rings. The van der Waals surface area contributed by atoms with E-state index < -0.39 is 0 Å². The molecule has 0 bridgehead atoms. The largest absolute Gasteiger partial charge is 0.397 e. The number of benzene rings is 1. The highest BCUT2D eigenvalue weighted by atomic mass is 79.9. The Balaban J connectivity index is 2.28. The van der Waals surface area contributed by atoms with Gasteiger partial charge in [0, 0.05) is 5.69 Å². The number of nitrogens with zero attached hydrogens (tertiary/aromatic N) is 2. The monoisotopic (exact) mass is 288 g/mol. The SMILES string of the molecule is N#Cc1cccc(Nc2ncc(N)cc2Br)c1. The number of anilines is 3. The summed E-state index contributed by atoms with van der Waals surface area (Å²) >= 11 is 3.37. The van der Waals surface area contributed by atoms with Gasteiger partial charge in [-0.15, -0.1) is 0 Å². The third-order valence-electron chi connectivity index (χ3n) is 2.12. The van der Waals surface area contributed by atoms with Crippen molar-refractivity contribution in [3.8, 4) is 6.07 Å². The first-order valence-electron chi connectivity index (χ1n) is 4.87. The summed E-state index contributed by atoms with van der Waals surface area (Å²) in [4.78, 5) is 4.16. The fourth-order valence-electron chi connectivity index (χ4n) is 1.35. The summed E-state index contributed by atoms with van der Waals surface area (Å²) in [5, 5.41) is 11.9. The molecule has 0 spiro atoms. The van der Waals surface area contributed by atoms with E-state index in [4.69, 9.17) is 11.0 Å². The van der Waals surface area contributed by atoms with E-state index in [0.29, 0.717) is 17.1 Å². The van der Waals surface area contributed by atoms with Crippen LogP contribution in [-0.2, 0) is 0 Å². The van der Waals surface area contributed by atoms with E-state index in [1.54, 1.807) is 24.4 Å². The third-order valence-corrected chi connectivity index (χ3v) is 2.72. The van der Waals surface area contributed by atoms with Crippen LogP contribution in [0.4, 0.5) is 17.2 Å². The fraction of sp³-hybridized carbons (Fsp3) is 0. The summed E-state index contributed by atoms with van der Waals surface area (Å²) in [5.74, 6) is 0.661. The van der Waals surface area contributed by atoms with Crippen molar-refractivity contribution in [2.75, 3.05) is 11.1 Å². The van der Waals surface area contributed by atoms with Crippen LogP contribution in [0.25, 0.3) is 0 Å². The van der Waals surface area contributed by atoms with E-state index in [9.17, 15) is 0 Å². The molecule has 0 atom stereocenters. The van der Waals surface area contributed by atoms with Gasteiger partial charge in [0.05, 0.1) is 28.0 Å². The number of nitrogen functional groups attached to an aromatic ring is 1. The van der Waals surface area contributed by atoms with Gasteiger partial charge >= 0.3 is 0 Å². The first-order chi connectivity index (χ1) is 8.19. The number of pyridine rings is 1. The summed E-state index contributed by atoms with van der Waals surface area (Å²) in [5.41, 5.74) is 7.60. The van der Waals surface area contributed by atoms with Crippen LogP contribution in [0.5, 0.6) is 0 Å². The number of halogens is 1. The molecule has 4 nitrogen and oxygen atoms in total. The zero-order chi connectivity index (χ0) is 12.3. The number of hydrogen-bond acceptors (Lipinski definition) is 4. The van der Waals surface area contributed by atoms with E-state index in [1.807, 2.05) is 12.1 Å². The van der Waals surface area contributed by atoms with Crippen molar-refractivity contribution in [1.82, 2.24) is 4.98 Å². The Morgan fingerprint density at radius 1 is 1.35 bits per heavy atom. The number of nitrogens with two attached hydrogens (primary N) is 1. The van der Waals surface area contributed by atoms with Gasteiger partial charge in [0.15, 0.2) is 0 Å². The summed E-state index contributed by atoms with van der Waals surface area (Å²) in [6.07, 6.45) is 1.57. The van der Waals surface area contributed by atoms with Crippen molar-refractivity contribution in [2.45, 2.75) is 0 Å². The minimum absolute atomic E-state index is 0.591. The maximum absolute atomic E-state index is 8.80. The van der Waals surface area contributed by atoms with Crippen LogP contribution in [0.15, 0.2) is 41.0 Å². The Hall–Kier alpha value is -2.06. The van der Waals surface area contributed by atoms with Crippen molar-refractivity contribution in [3.05, 3.63) is 46.6 Å². The molecular weight excluding hydrogens is 280 g/mol. The molecule has 0 unspecified atom stereocenters.